The number of rotatable bonds is 5. The molecule has 1 aliphatic rings. The molecule has 0 unspecified atom stereocenters. The summed E-state index contributed by atoms with van der Waals surface area (Å²) in [5.74, 6) is 2.01. The molecule has 0 aliphatic carbocycles. The minimum Gasteiger partial charge on any atom is -0.454 e. The first-order valence-corrected chi connectivity index (χ1v) is 7.05. The van der Waals surface area contributed by atoms with Gasteiger partial charge in [-0.2, -0.15) is 0 Å². The van der Waals surface area contributed by atoms with E-state index in [-0.39, 0.29) is 12.7 Å². The summed E-state index contributed by atoms with van der Waals surface area (Å²) in [6.07, 6.45) is 1.00. The van der Waals surface area contributed by atoms with Crippen LogP contribution in [0.3, 0.4) is 0 Å². The van der Waals surface area contributed by atoms with Gasteiger partial charge in [0, 0.05) is 12.1 Å². The quantitative estimate of drug-likeness (QED) is 0.881. The van der Waals surface area contributed by atoms with Crippen LogP contribution in [0.25, 0.3) is 0 Å². The maximum atomic E-state index is 12.2. The number of hydrogen-bond acceptors (Lipinski definition) is 6. The lowest BCUT2D eigenvalue weighted by Crippen LogP contribution is -2.13. The number of benzene rings is 1. The van der Waals surface area contributed by atoms with Crippen LogP contribution in [0.2, 0.25) is 0 Å². The molecule has 1 aromatic carbocycles. The summed E-state index contributed by atoms with van der Waals surface area (Å²) in [5.41, 5.74) is 0.472. The van der Waals surface area contributed by atoms with Crippen LogP contribution in [0, 0.1) is 0 Å². The van der Waals surface area contributed by atoms with Gasteiger partial charge in [-0.25, -0.2) is 0 Å². The number of anilines is 2. The van der Waals surface area contributed by atoms with E-state index in [1.54, 1.807) is 30.3 Å². The fraction of sp³-hybridized carbons (Fsp3) is 0.267. The zero-order valence-corrected chi connectivity index (χ0v) is 12.1. The molecule has 0 atom stereocenters. The number of ether oxygens (including phenoxy) is 2. The van der Waals surface area contributed by atoms with Crippen molar-refractivity contribution in [2.75, 3.05) is 24.0 Å². The van der Waals surface area contributed by atoms with Gasteiger partial charge >= 0.3 is 0 Å². The van der Waals surface area contributed by atoms with Crippen molar-refractivity contribution in [1.29, 1.82) is 0 Å². The molecule has 2 aromatic rings. The maximum Gasteiger partial charge on any atom is 0.257 e. The minimum atomic E-state index is -0.276. The van der Waals surface area contributed by atoms with Crippen molar-refractivity contribution in [2.24, 2.45) is 0 Å². The van der Waals surface area contributed by atoms with E-state index in [1.807, 2.05) is 0 Å². The van der Waals surface area contributed by atoms with Crippen molar-refractivity contribution in [1.82, 2.24) is 10.2 Å². The van der Waals surface area contributed by atoms with E-state index in [0.717, 1.165) is 13.0 Å². The summed E-state index contributed by atoms with van der Waals surface area (Å²) in [5, 5.41) is 13.8. The van der Waals surface area contributed by atoms with Crippen LogP contribution in [0.15, 0.2) is 30.3 Å². The summed E-state index contributed by atoms with van der Waals surface area (Å²) in [6.45, 7) is 3.08. The highest BCUT2D eigenvalue weighted by atomic mass is 16.7. The number of nitrogens with one attached hydrogen (secondary N) is 2. The van der Waals surface area contributed by atoms with Crippen molar-refractivity contribution >= 4 is 17.5 Å². The van der Waals surface area contributed by atoms with E-state index < -0.39 is 0 Å². The molecule has 114 valence electrons. The lowest BCUT2D eigenvalue weighted by Gasteiger charge is -2.06. The number of amides is 1. The number of carbonyl (C=O) groups excluding carboxylic acids is 1. The molecule has 0 saturated heterocycles. The SMILES string of the molecule is CCCNc1ccc(NC(=O)c2ccc3c(c2)OCO3)nn1. The van der Waals surface area contributed by atoms with Crippen molar-refractivity contribution in [3.05, 3.63) is 35.9 Å². The minimum absolute atomic E-state index is 0.179. The highest BCUT2D eigenvalue weighted by molar-refractivity contribution is 6.04. The summed E-state index contributed by atoms with van der Waals surface area (Å²) in [4.78, 5) is 12.2. The van der Waals surface area contributed by atoms with Crippen LogP contribution in [-0.2, 0) is 0 Å². The molecule has 0 radical (unpaired) electrons. The van der Waals surface area contributed by atoms with Crippen LogP contribution < -0.4 is 20.1 Å². The molecule has 1 aromatic heterocycles. The Kier molecular flexibility index (Phi) is 4.04. The Morgan fingerprint density at radius 2 is 1.91 bits per heavy atom. The zero-order valence-electron chi connectivity index (χ0n) is 12.1. The summed E-state index contributed by atoms with van der Waals surface area (Å²) >= 11 is 0. The first-order valence-electron chi connectivity index (χ1n) is 7.05. The van der Waals surface area contributed by atoms with Crippen molar-refractivity contribution in [2.45, 2.75) is 13.3 Å². The lowest BCUT2D eigenvalue weighted by atomic mass is 10.2. The molecule has 0 fully saturated rings. The van der Waals surface area contributed by atoms with Crippen LogP contribution in [0.5, 0.6) is 11.5 Å². The average molecular weight is 300 g/mol. The Hall–Kier alpha value is -2.83. The molecule has 0 saturated carbocycles. The van der Waals surface area contributed by atoms with Gasteiger partial charge in [0.1, 0.15) is 5.82 Å². The lowest BCUT2D eigenvalue weighted by molar-refractivity contribution is 0.102. The topological polar surface area (TPSA) is 85.4 Å². The Morgan fingerprint density at radius 1 is 1.14 bits per heavy atom. The molecule has 1 amide bonds. The predicted octanol–water partition coefficient (Wildman–Crippen LogP) is 2.28. The van der Waals surface area contributed by atoms with Gasteiger partial charge in [-0.3, -0.25) is 4.79 Å². The van der Waals surface area contributed by atoms with Gasteiger partial charge in [-0.1, -0.05) is 6.92 Å². The van der Waals surface area contributed by atoms with Gasteiger partial charge in [-0.05, 0) is 36.8 Å². The molecule has 2 heterocycles. The third-order valence-corrected chi connectivity index (χ3v) is 3.10. The van der Waals surface area contributed by atoms with E-state index in [2.05, 4.69) is 27.8 Å². The molecule has 7 heteroatoms. The van der Waals surface area contributed by atoms with Crippen LogP contribution in [0.4, 0.5) is 11.6 Å². The molecule has 0 bridgehead atoms. The molecular weight excluding hydrogens is 284 g/mol. The first kappa shape index (κ1) is 14.1. The number of hydrogen-bond donors (Lipinski definition) is 2. The summed E-state index contributed by atoms with van der Waals surface area (Å²) < 4.78 is 10.5. The third-order valence-electron chi connectivity index (χ3n) is 3.10. The molecule has 2 N–H and O–H groups in total. The third kappa shape index (κ3) is 3.08. The Labute approximate surface area is 127 Å². The zero-order chi connectivity index (χ0) is 15.4. The molecule has 22 heavy (non-hydrogen) atoms. The first-order chi connectivity index (χ1) is 10.8. The Balaban J connectivity index is 1.66. The van der Waals surface area contributed by atoms with Crippen molar-refractivity contribution < 1.29 is 14.3 Å². The maximum absolute atomic E-state index is 12.2. The van der Waals surface area contributed by atoms with E-state index in [9.17, 15) is 4.79 Å². The standard InChI is InChI=1S/C15H16N4O3/c1-2-7-16-13-5-6-14(19-18-13)17-15(20)10-3-4-11-12(8-10)22-9-21-11/h3-6,8H,2,7,9H2,1H3,(H,16,18)(H,17,19,20). The van der Waals surface area contributed by atoms with Gasteiger partial charge in [-0.15, -0.1) is 10.2 Å². The second kappa shape index (κ2) is 6.30. The fourth-order valence-electron chi connectivity index (χ4n) is 1.97. The molecule has 0 spiro atoms. The molecule has 3 rings (SSSR count). The van der Waals surface area contributed by atoms with Crippen LogP contribution in [-0.4, -0.2) is 29.4 Å². The number of fused-ring (bicyclic) bond motifs is 1. The predicted molar refractivity (Wildman–Crippen MR) is 81.3 cm³/mol. The van der Waals surface area contributed by atoms with Crippen molar-refractivity contribution in [3.8, 4) is 11.5 Å². The van der Waals surface area contributed by atoms with Gasteiger partial charge < -0.3 is 20.1 Å². The van der Waals surface area contributed by atoms with Gasteiger partial charge in [0.2, 0.25) is 6.79 Å². The van der Waals surface area contributed by atoms with E-state index >= 15 is 0 Å². The fourth-order valence-corrected chi connectivity index (χ4v) is 1.97. The van der Waals surface area contributed by atoms with E-state index in [1.165, 1.54) is 0 Å². The smallest absolute Gasteiger partial charge is 0.257 e. The molecular formula is C15H16N4O3. The van der Waals surface area contributed by atoms with Gasteiger partial charge in [0.05, 0.1) is 0 Å². The van der Waals surface area contributed by atoms with Crippen LogP contribution >= 0.6 is 0 Å². The number of aromatic nitrogens is 2. The monoisotopic (exact) mass is 300 g/mol. The highest BCUT2D eigenvalue weighted by Crippen LogP contribution is 2.32. The molecule has 7 nitrogen and oxygen atoms in total. The Morgan fingerprint density at radius 3 is 2.68 bits per heavy atom. The number of carbonyl (C=O) groups is 1. The summed E-state index contributed by atoms with van der Waals surface area (Å²) in [6, 6.07) is 8.50. The second-order valence-electron chi connectivity index (χ2n) is 4.75. The molecule has 1 aliphatic heterocycles. The van der Waals surface area contributed by atoms with E-state index in [4.69, 9.17) is 9.47 Å². The van der Waals surface area contributed by atoms with Crippen LogP contribution in [0.1, 0.15) is 23.7 Å². The van der Waals surface area contributed by atoms with E-state index in [0.29, 0.717) is 28.7 Å². The second-order valence-corrected chi connectivity index (χ2v) is 4.75. The Bertz CT molecular complexity index is 673. The van der Waals surface area contributed by atoms with Gasteiger partial charge in [0.25, 0.3) is 5.91 Å². The van der Waals surface area contributed by atoms with Crippen molar-refractivity contribution in [3.63, 3.8) is 0 Å². The average Bonchev–Trinajstić information content (AvgIpc) is 3.01. The van der Waals surface area contributed by atoms with Gasteiger partial charge in [0.15, 0.2) is 17.3 Å². The number of nitrogens with zero attached hydrogens (tertiary/aromatic N) is 2. The summed E-state index contributed by atoms with van der Waals surface area (Å²) in [7, 11) is 0. The normalized spacial score (nSPS) is 12.0. The largest absolute Gasteiger partial charge is 0.454 e. The highest BCUT2D eigenvalue weighted by Gasteiger charge is 2.16.